The molecular formula is C18H21N3O2S. The van der Waals surface area contributed by atoms with Gasteiger partial charge >= 0.3 is 0 Å². The summed E-state index contributed by atoms with van der Waals surface area (Å²) in [6.45, 7) is 2.43. The maximum atomic E-state index is 12.3. The molecule has 3 rings (SSSR count). The van der Waals surface area contributed by atoms with E-state index in [0.717, 1.165) is 29.7 Å². The Labute approximate surface area is 142 Å². The number of hydrogen-bond donors (Lipinski definition) is 1. The summed E-state index contributed by atoms with van der Waals surface area (Å²) in [5.41, 5.74) is 2.17. The van der Waals surface area contributed by atoms with Gasteiger partial charge in [0.15, 0.2) is 0 Å². The fraction of sp³-hybridized carbons (Fsp3) is 0.278. The van der Waals surface area contributed by atoms with Gasteiger partial charge in [-0.2, -0.15) is 0 Å². The van der Waals surface area contributed by atoms with Crippen LogP contribution >= 0.6 is 0 Å². The number of benzene rings is 1. The average Bonchev–Trinajstić information content (AvgIpc) is 3.02. The van der Waals surface area contributed by atoms with Crippen molar-refractivity contribution in [2.75, 3.05) is 6.54 Å². The number of imidazole rings is 1. The van der Waals surface area contributed by atoms with E-state index < -0.39 is 10.0 Å². The summed E-state index contributed by atoms with van der Waals surface area (Å²) in [4.78, 5) is 4.70. The minimum Gasteiger partial charge on any atom is -0.304 e. The van der Waals surface area contributed by atoms with Gasteiger partial charge in [-0.05, 0) is 42.7 Å². The predicted molar refractivity (Wildman–Crippen MR) is 94.5 cm³/mol. The highest BCUT2D eigenvalue weighted by atomic mass is 32.2. The van der Waals surface area contributed by atoms with Gasteiger partial charge in [-0.3, -0.25) is 0 Å². The molecule has 0 fully saturated rings. The van der Waals surface area contributed by atoms with E-state index in [-0.39, 0.29) is 0 Å². The highest BCUT2D eigenvalue weighted by Crippen LogP contribution is 2.11. The number of aromatic nitrogens is 2. The van der Waals surface area contributed by atoms with Crippen molar-refractivity contribution >= 4 is 15.5 Å². The summed E-state index contributed by atoms with van der Waals surface area (Å²) in [5, 5.41) is 0. The summed E-state index contributed by atoms with van der Waals surface area (Å²) >= 11 is 0. The molecule has 0 spiro atoms. The summed E-state index contributed by atoms with van der Waals surface area (Å²) < 4.78 is 29.2. The Hall–Kier alpha value is -2.18. The van der Waals surface area contributed by atoms with Crippen molar-refractivity contribution in [1.29, 1.82) is 0 Å². The van der Waals surface area contributed by atoms with Crippen molar-refractivity contribution in [3.63, 3.8) is 0 Å². The number of rotatable bonds is 7. The molecule has 0 atom stereocenters. The molecule has 126 valence electrons. The van der Waals surface area contributed by atoms with Crippen molar-refractivity contribution in [2.45, 2.75) is 31.1 Å². The van der Waals surface area contributed by atoms with Crippen LogP contribution in [0.2, 0.25) is 0 Å². The first-order valence-corrected chi connectivity index (χ1v) is 9.58. The SMILES string of the molecule is CCc1ccc(S(=O)(=O)NCCCc2ncc3ccccn23)cc1. The monoisotopic (exact) mass is 343 g/mol. The lowest BCUT2D eigenvalue weighted by atomic mass is 10.2. The summed E-state index contributed by atoms with van der Waals surface area (Å²) in [5.74, 6) is 0.942. The van der Waals surface area contributed by atoms with Gasteiger partial charge in [0.05, 0.1) is 16.6 Å². The summed E-state index contributed by atoms with van der Waals surface area (Å²) in [6, 6.07) is 12.9. The van der Waals surface area contributed by atoms with Gasteiger partial charge in [-0.15, -0.1) is 0 Å². The van der Waals surface area contributed by atoms with Gasteiger partial charge in [-0.1, -0.05) is 25.1 Å². The molecule has 0 aliphatic carbocycles. The molecule has 0 bridgehead atoms. The van der Waals surface area contributed by atoms with E-state index in [1.807, 2.05) is 54.0 Å². The van der Waals surface area contributed by atoms with E-state index in [1.165, 1.54) is 0 Å². The van der Waals surface area contributed by atoms with E-state index in [9.17, 15) is 8.42 Å². The fourth-order valence-corrected chi connectivity index (χ4v) is 3.70. The van der Waals surface area contributed by atoms with E-state index in [0.29, 0.717) is 17.9 Å². The normalized spacial score (nSPS) is 11.9. The first kappa shape index (κ1) is 16.7. The maximum absolute atomic E-state index is 12.3. The van der Waals surface area contributed by atoms with Crippen LogP contribution in [0.5, 0.6) is 0 Å². The second-order valence-electron chi connectivity index (χ2n) is 5.67. The lowest BCUT2D eigenvalue weighted by Gasteiger charge is -2.07. The van der Waals surface area contributed by atoms with Crippen LogP contribution in [-0.2, 0) is 22.9 Å². The lowest BCUT2D eigenvalue weighted by Crippen LogP contribution is -2.25. The number of nitrogens with zero attached hydrogens (tertiary/aromatic N) is 2. The molecule has 2 heterocycles. The predicted octanol–water partition coefficient (Wildman–Crippen LogP) is 2.81. The topological polar surface area (TPSA) is 63.5 Å². The van der Waals surface area contributed by atoms with Crippen LogP contribution in [0, 0.1) is 0 Å². The Balaban J connectivity index is 1.57. The highest BCUT2D eigenvalue weighted by molar-refractivity contribution is 7.89. The van der Waals surface area contributed by atoms with Crippen molar-refractivity contribution in [3.05, 3.63) is 66.2 Å². The molecule has 1 aromatic carbocycles. The van der Waals surface area contributed by atoms with Gasteiger partial charge in [0.1, 0.15) is 5.82 Å². The second-order valence-corrected chi connectivity index (χ2v) is 7.44. The average molecular weight is 343 g/mol. The molecule has 0 saturated heterocycles. The Kier molecular flexibility index (Phi) is 4.97. The maximum Gasteiger partial charge on any atom is 0.240 e. The Bertz CT molecular complexity index is 915. The van der Waals surface area contributed by atoms with Crippen LogP contribution in [0.4, 0.5) is 0 Å². The summed E-state index contributed by atoms with van der Waals surface area (Å²) in [6.07, 6.45) is 6.10. The minimum atomic E-state index is -3.45. The largest absolute Gasteiger partial charge is 0.304 e. The molecule has 0 unspecified atom stereocenters. The molecule has 0 aliphatic rings. The van der Waals surface area contributed by atoms with E-state index in [4.69, 9.17) is 0 Å². The quantitative estimate of drug-likeness (QED) is 0.671. The van der Waals surface area contributed by atoms with Crippen LogP contribution in [0.25, 0.3) is 5.52 Å². The fourth-order valence-electron chi connectivity index (χ4n) is 2.63. The Morgan fingerprint density at radius 3 is 2.67 bits per heavy atom. The molecule has 0 saturated carbocycles. The molecule has 0 aliphatic heterocycles. The van der Waals surface area contributed by atoms with Crippen LogP contribution < -0.4 is 4.72 Å². The molecule has 0 radical (unpaired) electrons. The van der Waals surface area contributed by atoms with E-state index in [2.05, 4.69) is 9.71 Å². The number of nitrogens with one attached hydrogen (secondary N) is 1. The molecule has 3 aromatic rings. The molecule has 1 N–H and O–H groups in total. The first-order valence-electron chi connectivity index (χ1n) is 8.10. The number of pyridine rings is 1. The summed E-state index contributed by atoms with van der Waals surface area (Å²) in [7, 11) is -3.45. The number of sulfonamides is 1. The van der Waals surface area contributed by atoms with Crippen molar-refractivity contribution in [3.8, 4) is 0 Å². The number of hydrogen-bond acceptors (Lipinski definition) is 3. The molecular weight excluding hydrogens is 322 g/mol. The van der Waals surface area contributed by atoms with Crippen LogP contribution in [0.3, 0.4) is 0 Å². The second kappa shape index (κ2) is 7.15. The van der Waals surface area contributed by atoms with Crippen LogP contribution in [0.1, 0.15) is 24.7 Å². The third-order valence-electron chi connectivity index (χ3n) is 4.03. The van der Waals surface area contributed by atoms with Gasteiger partial charge in [0, 0.05) is 19.2 Å². The van der Waals surface area contributed by atoms with E-state index >= 15 is 0 Å². The Morgan fingerprint density at radius 1 is 1.12 bits per heavy atom. The molecule has 2 aromatic heterocycles. The molecule has 6 heteroatoms. The minimum absolute atomic E-state index is 0.311. The Morgan fingerprint density at radius 2 is 1.92 bits per heavy atom. The van der Waals surface area contributed by atoms with Gasteiger partial charge in [0.25, 0.3) is 0 Å². The highest BCUT2D eigenvalue weighted by Gasteiger charge is 2.13. The molecule has 0 amide bonds. The zero-order valence-corrected chi connectivity index (χ0v) is 14.5. The van der Waals surface area contributed by atoms with Crippen molar-refractivity contribution < 1.29 is 8.42 Å². The van der Waals surface area contributed by atoms with Crippen LogP contribution in [0.15, 0.2) is 59.8 Å². The third kappa shape index (κ3) is 3.66. The van der Waals surface area contributed by atoms with Gasteiger partial charge < -0.3 is 4.40 Å². The number of fused-ring (bicyclic) bond motifs is 1. The van der Waals surface area contributed by atoms with Crippen molar-refractivity contribution in [1.82, 2.24) is 14.1 Å². The lowest BCUT2D eigenvalue weighted by molar-refractivity contribution is 0.578. The third-order valence-corrected chi connectivity index (χ3v) is 5.50. The van der Waals surface area contributed by atoms with Crippen molar-refractivity contribution in [2.24, 2.45) is 0 Å². The first-order chi connectivity index (χ1) is 11.6. The molecule has 24 heavy (non-hydrogen) atoms. The smallest absolute Gasteiger partial charge is 0.240 e. The van der Waals surface area contributed by atoms with E-state index in [1.54, 1.807) is 12.1 Å². The van der Waals surface area contributed by atoms with Crippen LogP contribution in [-0.4, -0.2) is 24.3 Å². The van der Waals surface area contributed by atoms with Gasteiger partial charge in [0.2, 0.25) is 10.0 Å². The molecule has 5 nitrogen and oxygen atoms in total. The number of aryl methyl sites for hydroxylation is 2. The zero-order chi connectivity index (χ0) is 17.0. The van der Waals surface area contributed by atoms with Gasteiger partial charge in [-0.25, -0.2) is 18.1 Å². The zero-order valence-electron chi connectivity index (χ0n) is 13.6. The standard InChI is InChI=1S/C18H21N3O2S/c1-2-15-8-10-17(11-9-15)24(22,23)20-12-5-7-18-19-14-16-6-3-4-13-21(16)18/h3-4,6,8-11,13-14,20H,2,5,7,12H2,1H3.